The molecule has 0 aromatic rings. The summed E-state index contributed by atoms with van der Waals surface area (Å²) in [6.07, 6.45) is 20.5. The summed E-state index contributed by atoms with van der Waals surface area (Å²) in [5.41, 5.74) is 3.19. The molecule has 9 atom stereocenters. The highest BCUT2D eigenvalue weighted by molar-refractivity contribution is 5.27. The highest BCUT2D eigenvalue weighted by Gasteiger charge is 2.57. The largest absolute Gasteiger partial charge is 0.0844 e. The number of hydrogen-bond donors (Lipinski definition) is 0. The van der Waals surface area contributed by atoms with E-state index in [1.165, 1.54) is 77.0 Å². The van der Waals surface area contributed by atoms with Gasteiger partial charge in [-0.15, -0.1) is 0 Å². The minimum absolute atomic E-state index is 0.596. The SMILES string of the molecule is CCC(C)[C@@H](C)CC[C@@H](C)[C@H]1CC[C@H]2C3=CCC4CCCC[C@]4(C)[C@H]3CC[C@]12C. The molecule has 2 unspecified atom stereocenters. The van der Waals surface area contributed by atoms with Gasteiger partial charge < -0.3 is 0 Å². The Labute approximate surface area is 182 Å². The molecule has 0 bridgehead atoms. The van der Waals surface area contributed by atoms with E-state index in [-0.39, 0.29) is 0 Å². The van der Waals surface area contributed by atoms with Gasteiger partial charge in [0.25, 0.3) is 0 Å². The van der Waals surface area contributed by atoms with Crippen molar-refractivity contribution >= 4 is 0 Å². The van der Waals surface area contributed by atoms with Crippen LogP contribution in [0, 0.1) is 52.3 Å². The van der Waals surface area contributed by atoms with Gasteiger partial charge in [-0.2, -0.15) is 0 Å². The number of hydrogen-bond acceptors (Lipinski definition) is 0. The molecule has 0 nitrogen and oxygen atoms in total. The number of allylic oxidation sites excluding steroid dienone is 2. The Kier molecular flexibility index (Phi) is 6.32. The number of rotatable bonds is 6. The molecule has 0 N–H and O–H groups in total. The summed E-state index contributed by atoms with van der Waals surface area (Å²) in [6, 6.07) is 0. The molecule has 0 spiro atoms. The first-order valence-electron chi connectivity index (χ1n) is 13.5. The maximum atomic E-state index is 2.79. The lowest BCUT2D eigenvalue weighted by Gasteiger charge is -2.57. The molecule has 4 aliphatic carbocycles. The van der Waals surface area contributed by atoms with E-state index < -0.39 is 0 Å². The van der Waals surface area contributed by atoms with Crippen molar-refractivity contribution in [3.05, 3.63) is 11.6 Å². The fraction of sp³-hybridized carbons (Fsp3) is 0.931. The minimum atomic E-state index is 0.596. The van der Waals surface area contributed by atoms with E-state index in [0.29, 0.717) is 10.8 Å². The molecule has 0 aromatic carbocycles. The number of fused-ring (bicyclic) bond motifs is 5. The maximum Gasteiger partial charge on any atom is -0.0143 e. The fourth-order valence-corrected chi connectivity index (χ4v) is 8.93. The second kappa shape index (κ2) is 8.35. The summed E-state index contributed by atoms with van der Waals surface area (Å²) in [5.74, 6) is 6.51. The molecular formula is C29H50. The van der Waals surface area contributed by atoms with Crippen LogP contribution in [-0.2, 0) is 0 Å². The monoisotopic (exact) mass is 398 g/mol. The van der Waals surface area contributed by atoms with E-state index in [1.54, 1.807) is 0 Å². The lowest BCUT2D eigenvalue weighted by molar-refractivity contribution is -0.00828. The molecule has 0 aliphatic heterocycles. The van der Waals surface area contributed by atoms with E-state index >= 15 is 0 Å². The van der Waals surface area contributed by atoms with Crippen molar-refractivity contribution in [3.8, 4) is 0 Å². The van der Waals surface area contributed by atoms with E-state index in [0.717, 1.165) is 41.4 Å². The van der Waals surface area contributed by atoms with Gasteiger partial charge in [-0.3, -0.25) is 0 Å². The molecule has 0 aromatic heterocycles. The molecule has 0 heteroatoms. The van der Waals surface area contributed by atoms with Crippen LogP contribution >= 0.6 is 0 Å². The van der Waals surface area contributed by atoms with E-state index in [9.17, 15) is 0 Å². The average Bonchev–Trinajstić information content (AvgIpc) is 3.08. The summed E-state index contributed by atoms with van der Waals surface area (Å²) < 4.78 is 0. The normalized spacial score (nSPS) is 44.8. The molecule has 29 heavy (non-hydrogen) atoms. The molecule has 4 rings (SSSR count). The van der Waals surface area contributed by atoms with Crippen LogP contribution in [-0.4, -0.2) is 0 Å². The Morgan fingerprint density at radius 2 is 1.62 bits per heavy atom. The molecular weight excluding hydrogens is 348 g/mol. The van der Waals surface area contributed by atoms with Gasteiger partial charge in [-0.25, -0.2) is 0 Å². The van der Waals surface area contributed by atoms with Crippen molar-refractivity contribution < 1.29 is 0 Å². The van der Waals surface area contributed by atoms with Crippen LogP contribution in [0.3, 0.4) is 0 Å². The topological polar surface area (TPSA) is 0 Å². The third-order valence-electron chi connectivity index (χ3n) is 11.5. The van der Waals surface area contributed by atoms with E-state index in [2.05, 4.69) is 47.6 Å². The van der Waals surface area contributed by atoms with Crippen LogP contribution in [0.4, 0.5) is 0 Å². The zero-order valence-corrected chi connectivity index (χ0v) is 20.6. The van der Waals surface area contributed by atoms with Crippen LogP contribution in [0.5, 0.6) is 0 Å². The Bertz CT molecular complexity index is 601. The highest BCUT2D eigenvalue weighted by atomic mass is 14.6. The predicted molar refractivity (Wildman–Crippen MR) is 127 cm³/mol. The lowest BCUT2D eigenvalue weighted by Crippen LogP contribution is -2.48. The first-order valence-corrected chi connectivity index (χ1v) is 13.5. The van der Waals surface area contributed by atoms with Gasteiger partial charge >= 0.3 is 0 Å². The van der Waals surface area contributed by atoms with E-state index in [4.69, 9.17) is 0 Å². The van der Waals surface area contributed by atoms with Gasteiger partial charge in [-0.1, -0.05) is 85.3 Å². The van der Waals surface area contributed by atoms with Crippen molar-refractivity contribution in [2.24, 2.45) is 52.3 Å². The van der Waals surface area contributed by atoms with Gasteiger partial charge in [0.1, 0.15) is 0 Å². The molecule has 0 saturated heterocycles. The van der Waals surface area contributed by atoms with Crippen LogP contribution in [0.1, 0.15) is 119 Å². The fourth-order valence-electron chi connectivity index (χ4n) is 8.93. The van der Waals surface area contributed by atoms with Crippen molar-refractivity contribution in [3.63, 3.8) is 0 Å². The molecule has 3 saturated carbocycles. The third kappa shape index (κ3) is 3.67. The van der Waals surface area contributed by atoms with Crippen molar-refractivity contribution in [1.82, 2.24) is 0 Å². The summed E-state index contributed by atoms with van der Waals surface area (Å²) in [7, 11) is 0. The van der Waals surface area contributed by atoms with Crippen LogP contribution in [0.25, 0.3) is 0 Å². The second-order valence-electron chi connectivity index (χ2n) is 12.6. The Morgan fingerprint density at radius 1 is 0.862 bits per heavy atom. The van der Waals surface area contributed by atoms with E-state index in [1.807, 2.05) is 5.57 Å². The van der Waals surface area contributed by atoms with Crippen LogP contribution in [0.2, 0.25) is 0 Å². The summed E-state index contributed by atoms with van der Waals surface area (Å²) >= 11 is 0. The van der Waals surface area contributed by atoms with Crippen LogP contribution in [0.15, 0.2) is 11.6 Å². The van der Waals surface area contributed by atoms with Crippen LogP contribution < -0.4 is 0 Å². The summed E-state index contributed by atoms with van der Waals surface area (Å²) in [5, 5.41) is 0. The molecule has 0 heterocycles. The second-order valence-corrected chi connectivity index (χ2v) is 12.6. The first kappa shape index (κ1) is 22.0. The highest BCUT2D eigenvalue weighted by Crippen LogP contribution is 2.66. The molecule has 4 aliphatic rings. The third-order valence-corrected chi connectivity index (χ3v) is 11.5. The Morgan fingerprint density at radius 3 is 2.38 bits per heavy atom. The lowest BCUT2D eigenvalue weighted by atomic mass is 9.48. The van der Waals surface area contributed by atoms with Crippen molar-refractivity contribution in [1.29, 1.82) is 0 Å². The summed E-state index contributed by atoms with van der Waals surface area (Å²) in [6.45, 7) is 15.3. The van der Waals surface area contributed by atoms with Gasteiger partial charge in [0, 0.05) is 0 Å². The summed E-state index contributed by atoms with van der Waals surface area (Å²) in [4.78, 5) is 0. The van der Waals surface area contributed by atoms with Gasteiger partial charge in [0.15, 0.2) is 0 Å². The average molecular weight is 399 g/mol. The quantitative estimate of drug-likeness (QED) is 0.391. The van der Waals surface area contributed by atoms with Gasteiger partial charge in [-0.05, 0) is 97.2 Å². The van der Waals surface area contributed by atoms with Crippen molar-refractivity contribution in [2.75, 3.05) is 0 Å². The minimum Gasteiger partial charge on any atom is -0.0844 e. The predicted octanol–water partition coefficient (Wildman–Crippen LogP) is 9.05. The van der Waals surface area contributed by atoms with Gasteiger partial charge in [0.05, 0.1) is 0 Å². The van der Waals surface area contributed by atoms with Crippen molar-refractivity contribution in [2.45, 2.75) is 119 Å². The Balaban J connectivity index is 1.47. The molecule has 0 radical (unpaired) electrons. The smallest absolute Gasteiger partial charge is 0.0143 e. The molecule has 0 amide bonds. The standard InChI is InChI=1S/C29H50/c1-7-20(2)21(3)11-12-22(4)25-15-16-26-24-14-13-23-10-8-9-18-28(23,5)27(24)17-19-29(25,26)6/h14,20-23,25-27H,7-13,15-19H2,1-6H3/t20?,21-,22+,23?,25+,26-,27-,28-,29+/m0/s1. The first-order chi connectivity index (χ1) is 13.8. The molecule has 166 valence electrons. The molecule has 3 fully saturated rings. The van der Waals surface area contributed by atoms with Gasteiger partial charge in [0.2, 0.25) is 0 Å². The maximum absolute atomic E-state index is 2.79. The Hall–Kier alpha value is -0.260. The zero-order chi connectivity index (χ0) is 20.8. The zero-order valence-electron chi connectivity index (χ0n) is 20.6.